The molecule has 1 aromatic heterocycles. The number of rotatable bonds is 4. The van der Waals surface area contributed by atoms with E-state index in [4.69, 9.17) is 5.10 Å². The summed E-state index contributed by atoms with van der Waals surface area (Å²) in [7, 11) is 0. The van der Waals surface area contributed by atoms with Crippen LogP contribution in [0.15, 0.2) is 12.3 Å². The quantitative estimate of drug-likeness (QED) is 0.906. The maximum Gasteiger partial charge on any atom is 0.0764 e. The molecule has 4 heteroatoms. The van der Waals surface area contributed by atoms with Crippen molar-refractivity contribution in [1.82, 2.24) is 20.0 Å². The van der Waals surface area contributed by atoms with Crippen molar-refractivity contribution in [1.29, 1.82) is 0 Å². The average Bonchev–Trinajstić information content (AvgIpc) is 2.74. The monoisotopic (exact) mass is 264 g/mol. The highest BCUT2D eigenvalue weighted by Crippen LogP contribution is 2.14. The Kier molecular flexibility index (Phi) is 4.63. The van der Waals surface area contributed by atoms with Gasteiger partial charge in [0.2, 0.25) is 0 Å². The first kappa shape index (κ1) is 14.5. The lowest BCUT2D eigenvalue weighted by Crippen LogP contribution is -2.46. The van der Waals surface area contributed by atoms with E-state index in [-0.39, 0.29) is 5.54 Å². The smallest absolute Gasteiger partial charge is 0.0764 e. The summed E-state index contributed by atoms with van der Waals surface area (Å²) in [6, 6.07) is 2.66. The molecule has 2 rings (SSSR count). The molecule has 1 atom stereocenters. The zero-order valence-corrected chi connectivity index (χ0v) is 12.8. The van der Waals surface area contributed by atoms with Crippen LogP contribution in [0.25, 0.3) is 0 Å². The summed E-state index contributed by atoms with van der Waals surface area (Å²) < 4.78 is 2.09. The molecule has 1 saturated heterocycles. The molecule has 0 saturated carbocycles. The van der Waals surface area contributed by atoms with Crippen molar-refractivity contribution in [3.63, 3.8) is 0 Å². The first-order chi connectivity index (χ1) is 9.00. The Morgan fingerprint density at radius 2 is 2.26 bits per heavy atom. The van der Waals surface area contributed by atoms with Crippen molar-refractivity contribution < 1.29 is 0 Å². The summed E-state index contributed by atoms with van der Waals surface area (Å²) in [6.07, 6.45) is 4.46. The van der Waals surface area contributed by atoms with Crippen LogP contribution >= 0.6 is 0 Å². The summed E-state index contributed by atoms with van der Waals surface area (Å²) in [5.74, 6) is 0. The molecule has 1 aliphatic heterocycles. The fourth-order valence-corrected chi connectivity index (χ4v) is 2.68. The Hall–Kier alpha value is -0.870. The van der Waals surface area contributed by atoms with Gasteiger partial charge in [0.25, 0.3) is 0 Å². The van der Waals surface area contributed by atoms with E-state index >= 15 is 0 Å². The van der Waals surface area contributed by atoms with Crippen molar-refractivity contribution in [2.45, 2.75) is 58.7 Å². The van der Waals surface area contributed by atoms with Crippen molar-refractivity contribution >= 4 is 0 Å². The zero-order valence-electron chi connectivity index (χ0n) is 12.8. The van der Waals surface area contributed by atoms with Gasteiger partial charge in [0.15, 0.2) is 0 Å². The summed E-state index contributed by atoms with van der Waals surface area (Å²) in [5.41, 5.74) is 1.40. The Balaban J connectivity index is 1.98. The lowest BCUT2D eigenvalue weighted by molar-refractivity contribution is 0.221. The zero-order chi connectivity index (χ0) is 13.9. The first-order valence-corrected chi connectivity index (χ1v) is 7.51. The van der Waals surface area contributed by atoms with Gasteiger partial charge >= 0.3 is 0 Å². The molecule has 0 aliphatic carbocycles. The van der Waals surface area contributed by atoms with Gasteiger partial charge < -0.3 is 5.32 Å². The van der Waals surface area contributed by atoms with Crippen LogP contribution in [0.4, 0.5) is 0 Å². The second-order valence-corrected chi connectivity index (χ2v) is 6.42. The molecule has 0 bridgehead atoms. The van der Waals surface area contributed by atoms with Crippen LogP contribution in [0.3, 0.4) is 0 Å². The fraction of sp³-hybridized carbons (Fsp3) is 0.800. The summed E-state index contributed by atoms with van der Waals surface area (Å²) in [6.45, 7) is 13.3. The first-order valence-electron chi connectivity index (χ1n) is 7.51. The molecular formula is C15H28N4. The van der Waals surface area contributed by atoms with Crippen LogP contribution in [0.5, 0.6) is 0 Å². The maximum atomic E-state index is 4.71. The number of nitrogens with one attached hydrogen (secondary N) is 1. The summed E-state index contributed by atoms with van der Waals surface area (Å²) in [5, 5.41) is 8.31. The number of hydrogen-bond acceptors (Lipinski definition) is 3. The van der Waals surface area contributed by atoms with Crippen LogP contribution in [-0.4, -0.2) is 39.9 Å². The standard InChI is InChI=1S/C15H28N4/c1-5-13(2)19-10-7-14(17-19)11-18-9-6-8-16-15(3,4)12-18/h7,10,13,16H,5-6,8-9,11-12H2,1-4H3. The SMILES string of the molecule is CCC(C)n1ccc(CN2CCCNC(C)(C)C2)n1. The van der Waals surface area contributed by atoms with Crippen LogP contribution in [-0.2, 0) is 6.54 Å². The number of nitrogens with zero attached hydrogens (tertiary/aromatic N) is 3. The lowest BCUT2D eigenvalue weighted by Gasteiger charge is -2.29. The molecule has 108 valence electrons. The van der Waals surface area contributed by atoms with Crippen molar-refractivity contribution in [3.05, 3.63) is 18.0 Å². The second kappa shape index (κ2) is 6.06. The van der Waals surface area contributed by atoms with Crippen LogP contribution < -0.4 is 5.32 Å². The molecule has 0 amide bonds. The maximum absolute atomic E-state index is 4.71. The van der Waals surface area contributed by atoms with Crippen LogP contribution in [0.2, 0.25) is 0 Å². The minimum atomic E-state index is 0.204. The highest BCUT2D eigenvalue weighted by atomic mass is 15.3. The molecule has 2 heterocycles. The molecule has 4 nitrogen and oxygen atoms in total. The molecule has 19 heavy (non-hydrogen) atoms. The van der Waals surface area contributed by atoms with Gasteiger partial charge in [-0.1, -0.05) is 6.92 Å². The summed E-state index contributed by atoms with van der Waals surface area (Å²) >= 11 is 0. The average molecular weight is 264 g/mol. The Morgan fingerprint density at radius 1 is 1.47 bits per heavy atom. The normalized spacial score (nSPS) is 22.1. The van der Waals surface area contributed by atoms with Gasteiger partial charge in [0.1, 0.15) is 0 Å². The lowest BCUT2D eigenvalue weighted by atomic mass is 10.1. The minimum absolute atomic E-state index is 0.204. The van der Waals surface area contributed by atoms with E-state index < -0.39 is 0 Å². The van der Waals surface area contributed by atoms with Gasteiger partial charge in [0, 0.05) is 30.9 Å². The third-order valence-corrected chi connectivity index (χ3v) is 3.97. The van der Waals surface area contributed by atoms with Gasteiger partial charge in [-0.3, -0.25) is 9.58 Å². The van der Waals surface area contributed by atoms with Gasteiger partial charge in [-0.15, -0.1) is 0 Å². The predicted molar refractivity (Wildman–Crippen MR) is 79.2 cm³/mol. The largest absolute Gasteiger partial charge is 0.310 e. The van der Waals surface area contributed by atoms with E-state index in [1.807, 2.05) is 0 Å². The van der Waals surface area contributed by atoms with E-state index in [2.05, 4.69) is 54.9 Å². The third kappa shape index (κ3) is 4.05. The highest BCUT2D eigenvalue weighted by Gasteiger charge is 2.24. The van der Waals surface area contributed by atoms with E-state index in [1.165, 1.54) is 12.1 Å². The fourth-order valence-electron chi connectivity index (χ4n) is 2.68. The number of aromatic nitrogens is 2. The molecule has 1 fully saturated rings. The Labute approximate surface area is 117 Å². The van der Waals surface area contributed by atoms with Gasteiger partial charge in [0.05, 0.1) is 5.69 Å². The number of hydrogen-bond donors (Lipinski definition) is 1. The third-order valence-electron chi connectivity index (χ3n) is 3.97. The molecule has 0 radical (unpaired) electrons. The molecule has 1 unspecified atom stereocenters. The van der Waals surface area contributed by atoms with Crippen molar-refractivity contribution in [2.24, 2.45) is 0 Å². The molecule has 0 spiro atoms. The van der Waals surface area contributed by atoms with Crippen LogP contribution in [0, 0.1) is 0 Å². The topological polar surface area (TPSA) is 33.1 Å². The van der Waals surface area contributed by atoms with E-state index in [0.29, 0.717) is 6.04 Å². The predicted octanol–water partition coefficient (Wildman–Crippen LogP) is 2.43. The second-order valence-electron chi connectivity index (χ2n) is 6.42. The van der Waals surface area contributed by atoms with Gasteiger partial charge in [-0.2, -0.15) is 5.10 Å². The van der Waals surface area contributed by atoms with Crippen molar-refractivity contribution in [2.75, 3.05) is 19.6 Å². The van der Waals surface area contributed by atoms with E-state index in [0.717, 1.165) is 32.6 Å². The Bertz CT molecular complexity index is 397. The van der Waals surface area contributed by atoms with E-state index in [9.17, 15) is 0 Å². The van der Waals surface area contributed by atoms with Gasteiger partial charge in [-0.25, -0.2) is 0 Å². The molecular weight excluding hydrogens is 236 g/mol. The highest BCUT2D eigenvalue weighted by molar-refractivity contribution is 5.00. The van der Waals surface area contributed by atoms with Gasteiger partial charge in [-0.05, 0) is 52.8 Å². The molecule has 1 aromatic rings. The molecule has 1 aliphatic rings. The van der Waals surface area contributed by atoms with E-state index in [1.54, 1.807) is 0 Å². The molecule has 1 N–H and O–H groups in total. The van der Waals surface area contributed by atoms with Crippen molar-refractivity contribution in [3.8, 4) is 0 Å². The Morgan fingerprint density at radius 3 is 3.00 bits per heavy atom. The van der Waals surface area contributed by atoms with Crippen LogP contribution in [0.1, 0.15) is 52.3 Å². The summed E-state index contributed by atoms with van der Waals surface area (Å²) in [4.78, 5) is 2.52. The minimum Gasteiger partial charge on any atom is -0.310 e. The molecule has 0 aromatic carbocycles.